The highest BCUT2D eigenvalue weighted by Gasteiger charge is 2.84. The van der Waals surface area contributed by atoms with Crippen molar-refractivity contribution in [1.82, 2.24) is 4.90 Å². The molecule has 2 heterocycles. The molecule has 2 aliphatic heterocycles. The summed E-state index contributed by atoms with van der Waals surface area (Å²) < 4.78 is 19.6. The second-order valence-electron chi connectivity index (χ2n) is 18.5. The first-order valence-corrected chi connectivity index (χ1v) is 18.9. The molecule has 0 bridgehead atoms. The van der Waals surface area contributed by atoms with Crippen molar-refractivity contribution in [3.63, 3.8) is 0 Å². The van der Waals surface area contributed by atoms with Gasteiger partial charge in [0.2, 0.25) is 5.91 Å². The molecular formula is C38H59NO7. The van der Waals surface area contributed by atoms with Gasteiger partial charge in [0.1, 0.15) is 0 Å². The minimum absolute atomic E-state index is 0.00923. The van der Waals surface area contributed by atoms with Gasteiger partial charge < -0.3 is 29.3 Å². The molecule has 2 spiro atoms. The molecular weight excluding hydrogens is 582 g/mol. The first-order valence-electron chi connectivity index (χ1n) is 18.9. The van der Waals surface area contributed by atoms with E-state index in [1.165, 1.54) is 38.5 Å². The molecule has 258 valence electrons. The number of aliphatic hydroxyl groups is 1. The third-order valence-corrected chi connectivity index (χ3v) is 16.4. The van der Waals surface area contributed by atoms with Crippen LogP contribution in [0.3, 0.4) is 0 Å². The highest BCUT2D eigenvalue weighted by atomic mass is 16.7. The predicted octanol–water partition coefficient (Wildman–Crippen LogP) is 6.03. The lowest BCUT2D eigenvalue weighted by Gasteiger charge is -2.64. The van der Waals surface area contributed by atoms with Gasteiger partial charge in [-0.15, -0.1) is 0 Å². The summed E-state index contributed by atoms with van der Waals surface area (Å²) in [6, 6.07) is 0. The average molecular weight is 642 g/mol. The number of ether oxygens (including phenoxy) is 3. The fourth-order valence-corrected chi connectivity index (χ4v) is 13.9. The molecule has 8 rings (SSSR count). The molecule has 9 unspecified atom stereocenters. The van der Waals surface area contributed by atoms with Gasteiger partial charge >= 0.3 is 5.97 Å². The summed E-state index contributed by atoms with van der Waals surface area (Å²) in [5.74, 6) is 1.86. The van der Waals surface area contributed by atoms with Crippen molar-refractivity contribution in [2.45, 2.75) is 149 Å². The summed E-state index contributed by atoms with van der Waals surface area (Å²) in [6.07, 6.45) is 11.8. The molecule has 1 amide bonds. The Morgan fingerprint density at radius 2 is 1.72 bits per heavy atom. The highest BCUT2D eigenvalue weighted by molar-refractivity contribution is 5.76. The van der Waals surface area contributed by atoms with Crippen molar-refractivity contribution in [3.8, 4) is 0 Å². The van der Waals surface area contributed by atoms with Crippen LogP contribution >= 0.6 is 0 Å². The van der Waals surface area contributed by atoms with E-state index in [2.05, 4.69) is 34.6 Å². The van der Waals surface area contributed by atoms with E-state index in [4.69, 9.17) is 14.2 Å². The Balaban J connectivity index is 0.995. The lowest BCUT2D eigenvalue weighted by atomic mass is 9.41. The van der Waals surface area contributed by atoms with Gasteiger partial charge in [-0.2, -0.15) is 0 Å². The number of hydrogen-bond acceptors (Lipinski definition) is 6. The summed E-state index contributed by atoms with van der Waals surface area (Å²) in [5, 5.41) is 21.7. The number of morpholine rings is 1. The molecule has 8 nitrogen and oxygen atoms in total. The number of aliphatic hydroxyl groups excluding tert-OH is 1. The van der Waals surface area contributed by atoms with Crippen LogP contribution in [-0.4, -0.2) is 77.4 Å². The molecule has 6 aliphatic carbocycles. The van der Waals surface area contributed by atoms with E-state index in [0.717, 1.165) is 25.7 Å². The molecule has 6 saturated carbocycles. The lowest BCUT2D eigenvalue weighted by Crippen LogP contribution is -2.60. The van der Waals surface area contributed by atoms with Crippen LogP contribution < -0.4 is 0 Å². The highest BCUT2D eigenvalue weighted by Crippen LogP contribution is 2.89. The maximum atomic E-state index is 12.9. The zero-order valence-electron chi connectivity index (χ0n) is 29.0. The Labute approximate surface area is 275 Å². The standard InChI is InChI=1S/C38H59NO7/c1-22-18-24(8-11-29(41)42)45-32-31(22)35(4)14-15-38-21-37(38)13-12-27(34(2,3)25(37)9-10-26(38)36(35,5)33(32)43)46-30-20-39(16-17-44-30)28(40)19-23-6-7-23/h22-27,30-33,43H,6-21H2,1-5H3,(H,41,42)/t22-,24?,25+,26?,27?,30?,31?,32?,33+,35?,36-,37?,38?/m1/s1. The van der Waals surface area contributed by atoms with E-state index in [1.807, 2.05) is 4.90 Å². The third-order valence-electron chi connectivity index (χ3n) is 16.4. The number of carboxylic acid groups (broad SMARTS) is 1. The quantitative estimate of drug-likeness (QED) is 0.350. The van der Waals surface area contributed by atoms with Crippen LogP contribution in [0.2, 0.25) is 0 Å². The van der Waals surface area contributed by atoms with Gasteiger partial charge in [-0.3, -0.25) is 9.59 Å². The van der Waals surface area contributed by atoms with E-state index in [-0.39, 0.29) is 58.6 Å². The maximum Gasteiger partial charge on any atom is 0.303 e. The zero-order valence-corrected chi connectivity index (χ0v) is 29.0. The van der Waals surface area contributed by atoms with E-state index in [9.17, 15) is 19.8 Å². The number of aliphatic carboxylic acids is 1. The number of fused-ring (bicyclic) bond motifs is 4. The molecule has 0 aromatic heterocycles. The van der Waals surface area contributed by atoms with Crippen LogP contribution in [0.5, 0.6) is 0 Å². The first kappa shape index (κ1) is 32.0. The molecule has 0 aromatic rings. The van der Waals surface area contributed by atoms with Crippen LogP contribution in [0, 0.1) is 56.7 Å². The van der Waals surface area contributed by atoms with Crippen molar-refractivity contribution in [2.75, 3.05) is 19.7 Å². The average Bonchev–Trinajstić information content (AvgIpc) is 3.93. The summed E-state index contributed by atoms with van der Waals surface area (Å²) in [6.45, 7) is 13.9. The molecule has 0 aromatic carbocycles. The summed E-state index contributed by atoms with van der Waals surface area (Å²) in [7, 11) is 0. The van der Waals surface area contributed by atoms with Crippen LogP contribution in [-0.2, 0) is 23.8 Å². The molecule has 8 fully saturated rings. The number of carbonyl (C=O) groups is 2. The van der Waals surface area contributed by atoms with Crippen LogP contribution in [0.15, 0.2) is 0 Å². The van der Waals surface area contributed by atoms with E-state index >= 15 is 0 Å². The fraction of sp³-hybridized carbons (Fsp3) is 0.947. The number of nitrogens with zero attached hydrogens (tertiary/aromatic N) is 1. The number of carbonyl (C=O) groups excluding carboxylic acids is 1. The molecule has 2 N–H and O–H groups in total. The molecule has 0 radical (unpaired) electrons. The van der Waals surface area contributed by atoms with Crippen molar-refractivity contribution in [3.05, 3.63) is 0 Å². The SMILES string of the molecule is C[C@@H]1CC(CCC(=O)O)OC2C1C1(C)CCC34CC35CCC(OC3CN(C(=O)CC6CC6)CCO3)C(C)(C)[C@@H]5CCC4[C@]1(C)[C@H]2O. The molecule has 2 saturated heterocycles. The van der Waals surface area contributed by atoms with Gasteiger partial charge in [0, 0.05) is 24.8 Å². The third kappa shape index (κ3) is 4.37. The van der Waals surface area contributed by atoms with Gasteiger partial charge in [-0.1, -0.05) is 34.6 Å². The summed E-state index contributed by atoms with van der Waals surface area (Å²) >= 11 is 0. The second kappa shape index (κ2) is 10.6. The van der Waals surface area contributed by atoms with Gasteiger partial charge in [-0.25, -0.2) is 0 Å². The van der Waals surface area contributed by atoms with Crippen LogP contribution in [0.25, 0.3) is 0 Å². The van der Waals surface area contributed by atoms with Gasteiger partial charge in [0.25, 0.3) is 0 Å². The van der Waals surface area contributed by atoms with Gasteiger partial charge in [0.05, 0.1) is 37.6 Å². The minimum Gasteiger partial charge on any atom is -0.481 e. The smallest absolute Gasteiger partial charge is 0.303 e. The van der Waals surface area contributed by atoms with Crippen molar-refractivity contribution >= 4 is 11.9 Å². The molecule has 8 aliphatic rings. The van der Waals surface area contributed by atoms with Crippen LogP contribution in [0.1, 0.15) is 118 Å². The van der Waals surface area contributed by atoms with E-state index < -0.39 is 12.1 Å². The number of carboxylic acids is 1. The summed E-state index contributed by atoms with van der Waals surface area (Å²) in [4.78, 5) is 26.2. The Morgan fingerprint density at radius 3 is 2.46 bits per heavy atom. The first-order chi connectivity index (χ1) is 21.8. The Kier molecular flexibility index (Phi) is 7.40. The number of hydrogen-bond donors (Lipinski definition) is 2. The van der Waals surface area contributed by atoms with E-state index in [1.54, 1.807) is 0 Å². The molecule has 13 atom stereocenters. The van der Waals surface area contributed by atoms with Crippen molar-refractivity contribution in [1.29, 1.82) is 0 Å². The second-order valence-corrected chi connectivity index (χ2v) is 18.5. The summed E-state index contributed by atoms with van der Waals surface area (Å²) in [5.41, 5.74) is 0.398. The molecule has 8 heteroatoms. The van der Waals surface area contributed by atoms with Crippen LogP contribution in [0.4, 0.5) is 0 Å². The van der Waals surface area contributed by atoms with Crippen molar-refractivity contribution < 1.29 is 34.0 Å². The largest absolute Gasteiger partial charge is 0.481 e. The molecule has 46 heavy (non-hydrogen) atoms. The Bertz CT molecular complexity index is 1250. The predicted molar refractivity (Wildman–Crippen MR) is 172 cm³/mol. The normalized spacial score (nSPS) is 52.0. The lowest BCUT2D eigenvalue weighted by molar-refractivity contribution is -0.248. The Morgan fingerprint density at radius 1 is 0.978 bits per heavy atom. The topological polar surface area (TPSA) is 106 Å². The minimum atomic E-state index is -0.772. The Hall–Kier alpha value is -1.22. The van der Waals surface area contributed by atoms with Crippen molar-refractivity contribution in [2.24, 2.45) is 56.7 Å². The number of rotatable bonds is 7. The number of amides is 1. The maximum absolute atomic E-state index is 12.9. The van der Waals surface area contributed by atoms with Gasteiger partial charge in [0.15, 0.2) is 6.29 Å². The monoisotopic (exact) mass is 641 g/mol. The van der Waals surface area contributed by atoms with Gasteiger partial charge in [-0.05, 0) is 122 Å². The van der Waals surface area contributed by atoms with E-state index in [0.29, 0.717) is 67.5 Å². The fourth-order valence-electron chi connectivity index (χ4n) is 13.9. The zero-order chi connectivity index (χ0) is 32.4.